The summed E-state index contributed by atoms with van der Waals surface area (Å²) in [5, 5.41) is 0. The molecule has 2 heterocycles. The zero-order valence-electron chi connectivity index (χ0n) is 20.6. The van der Waals surface area contributed by atoms with Crippen molar-refractivity contribution in [2.45, 2.75) is 82.9 Å². The van der Waals surface area contributed by atoms with Gasteiger partial charge in [0.25, 0.3) is 0 Å². The summed E-state index contributed by atoms with van der Waals surface area (Å²) in [6.45, 7) is 14.3. The van der Waals surface area contributed by atoms with Crippen LogP contribution >= 0.6 is 50.5 Å². The van der Waals surface area contributed by atoms with Crippen molar-refractivity contribution in [3.63, 3.8) is 0 Å². The molecule has 4 nitrogen and oxygen atoms in total. The van der Waals surface area contributed by atoms with Gasteiger partial charge in [0, 0.05) is 52.3 Å². The Morgan fingerprint density at radius 3 is 2.67 bits per heavy atom. The molecule has 191 valence electrons. The van der Waals surface area contributed by atoms with Gasteiger partial charge in [0.15, 0.2) is 0 Å². The molecule has 0 amide bonds. The topological polar surface area (TPSA) is 36.9 Å². The first-order chi connectivity index (χ1) is 15.3. The van der Waals surface area contributed by atoms with Gasteiger partial charge < -0.3 is 25.7 Å². The summed E-state index contributed by atoms with van der Waals surface area (Å²) in [6.07, 6.45) is 8.05. The second kappa shape index (κ2) is 18.5. The van der Waals surface area contributed by atoms with Gasteiger partial charge >= 0.3 is 0 Å². The zero-order valence-corrected chi connectivity index (χ0v) is 29.8. The van der Waals surface area contributed by atoms with Gasteiger partial charge in [-0.2, -0.15) is 0 Å². The van der Waals surface area contributed by atoms with Crippen molar-refractivity contribution in [2.24, 2.45) is 17.8 Å². The Bertz CT molecular complexity index is 563. The van der Waals surface area contributed by atoms with Crippen LogP contribution in [0.15, 0.2) is 12.2 Å². The fraction of sp³-hybridized carbons (Fsp3) is 0.864. The summed E-state index contributed by atoms with van der Waals surface area (Å²) >= 11 is 0. The number of hydrogen-bond donors (Lipinski definition) is 0. The van der Waals surface area contributed by atoms with E-state index in [0.717, 1.165) is 54.9 Å². The van der Waals surface area contributed by atoms with Gasteiger partial charge in [0.1, 0.15) is 0 Å². The molecule has 0 aromatic rings. The van der Waals surface area contributed by atoms with Crippen molar-refractivity contribution in [1.29, 1.82) is 0 Å². The normalized spacial score (nSPS) is 34.9. The van der Waals surface area contributed by atoms with Crippen LogP contribution in [0.5, 0.6) is 0 Å². The summed E-state index contributed by atoms with van der Waals surface area (Å²) < 4.78 is 24.8. The second-order valence-electron chi connectivity index (χ2n) is 9.29. The van der Waals surface area contributed by atoms with E-state index in [0.29, 0.717) is 11.8 Å². The molecule has 0 saturated carbocycles. The Labute approximate surface area is 240 Å². The molecular weight excluding hydrogens is 603 g/mol. The molecule has 0 bridgehead atoms. The van der Waals surface area contributed by atoms with Crippen LogP contribution in [-0.2, 0) is 51.4 Å². The van der Waals surface area contributed by atoms with Crippen molar-refractivity contribution in [3.8, 4) is 0 Å². The minimum Gasteiger partial charge on any atom is -0.381 e. The van der Waals surface area contributed by atoms with Crippen LogP contribution in [0, 0.1) is 24.7 Å². The minimum absolute atomic E-state index is 0. The number of rotatable bonds is 14. The van der Waals surface area contributed by atoms with Crippen LogP contribution in [-0.4, -0.2) is 50.4 Å². The molecule has 7 unspecified atom stereocenters. The average molecular weight is 648 g/mol. The first-order valence-electron chi connectivity index (χ1n) is 11.7. The van der Waals surface area contributed by atoms with Crippen LogP contribution < -0.4 is 0 Å². The van der Waals surface area contributed by atoms with Gasteiger partial charge in [-0.05, 0) is 63.6 Å². The van der Waals surface area contributed by atoms with Crippen molar-refractivity contribution in [1.82, 2.24) is 0 Å². The third-order valence-corrected chi connectivity index (χ3v) is 16.9. The smallest absolute Gasteiger partial charge is 0.0819 e. The standard InChI is InChI=1S/C22H45O4P6.Y/c1-14(8-10-30-27)11-21-22(23-5)17(4)20(26-21)13-19-16(3)15(2)12-18(25-19)7-6-9-24-32(29)31-28;/h14-15,17-22,30-31H,3-4,6-13,27-29H2,1-2,5H3;/q-1;/t14-,15-,17+,18+,19-,20?,21-,22-,32?;/m1./s1. The van der Waals surface area contributed by atoms with E-state index in [1.807, 2.05) is 0 Å². The fourth-order valence-electron chi connectivity index (χ4n) is 4.83. The maximum atomic E-state index is 6.55. The first-order valence-corrected chi connectivity index (χ1v) is 21.3. The number of ether oxygens (including phenoxy) is 3. The van der Waals surface area contributed by atoms with Gasteiger partial charge in [-0.1, -0.05) is 29.4 Å². The van der Waals surface area contributed by atoms with Crippen LogP contribution in [0.25, 0.3) is 0 Å². The maximum absolute atomic E-state index is 6.55. The number of hydrogen-bond acceptors (Lipinski definition) is 4. The van der Waals surface area contributed by atoms with Gasteiger partial charge in [0.05, 0.1) is 38.5 Å². The second-order valence-corrected chi connectivity index (χ2v) is 20.0. The third kappa shape index (κ3) is 11.5. The third-order valence-electron chi connectivity index (χ3n) is 6.80. The Balaban J connectivity index is 0.00000544. The molecular formula is C22H45O4P6Y-. The molecule has 2 aliphatic rings. The van der Waals surface area contributed by atoms with Gasteiger partial charge in [-0.15, -0.1) is 32.0 Å². The largest absolute Gasteiger partial charge is 0.381 e. The molecule has 0 spiro atoms. The van der Waals surface area contributed by atoms with E-state index in [1.54, 1.807) is 7.11 Å². The molecule has 2 fully saturated rings. The minimum atomic E-state index is -0.351. The Hall–Kier alpha value is 3.26. The monoisotopic (exact) mass is 648 g/mol. The molecule has 0 aromatic heterocycles. The summed E-state index contributed by atoms with van der Waals surface area (Å²) in [5.41, 5.74) is 1.21. The van der Waals surface area contributed by atoms with E-state index >= 15 is 0 Å². The fourth-order valence-corrected chi connectivity index (χ4v) is 7.88. The van der Waals surface area contributed by atoms with Gasteiger partial charge in [-0.3, -0.25) is 0 Å². The van der Waals surface area contributed by atoms with Gasteiger partial charge in [-0.25, -0.2) is 0 Å². The van der Waals surface area contributed by atoms with Crippen molar-refractivity contribution >= 4 is 50.5 Å². The predicted octanol–water partition coefficient (Wildman–Crippen LogP) is 7.21. The van der Waals surface area contributed by atoms with Crippen LogP contribution in [0.1, 0.15) is 52.4 Å². The van der Waals surface area contributed by atoms with E-state index in [4.69, 9.17) is 18.7 Å². The number of methoxy groups -OCH3 is 1. The van der Waals surface area contributed by atoms with Crippen molar-refractivity contribution in [3.05, 3.63) is 19.1 Å². The molecule has 2 rings (SSSR count). The van der Waals surface area contributed by atoms with E-state index in [1.165, 1.54) is 18.2 Å². The van der Waals surface area contributed by atoms with Crippen molar-refractivity contribution in [2.75, 3.05) is 19.9 Å². The maximum Gasteiger partial charge on any atom is 0.0819 e. The van der Waals surface area contributed by atoms with Gasteiger partial charge in [0.2, 0.25) is 0 Å². The molecule has 0 aliphatic carbocycles. The molecule has 2 saturated heterocycles. The summed E-state index contributed by atoms with van der Waals surface area (Å²) in [7, 11) is 11.6. The van der Waals surface area contributed by atoms with Crippen LogP contribution in [0.2, 0.25) is 0 Å². The van der Waals surface area contributed by atoms with E-state index in [9.17, 15) is 0 Å². The predicted molar refractivity (Wildman–Crippen MR) is 156 cm³/mol. The van der Waals surface area contributed by atoms with E-state index in [-0.39, 0.29) is 76.7 Å². The van der Waals surface area contributed by atoms with Crippen LogP contribution in [0.3, 0.4) is 0 Å². The molecule has 0 N–H and O–H groups in total. The first kappa shape index (κ1) is 34.3. The van der Waals surface area contributed by atoms with Crippen LogP contribution in [0.4, 0.5) is 0 Å². The summed E-state index contributed by atoms with van der Waals surface area (Å²) in [6, 6.07) is 0. The van der Waals surface area contributed by atoms with E-state index in [2.05, 4.69) is 54.1 Å². The molecule has 1 radical (unpaired) electrons. The average Bonchev–Trinajstić information content (AvgIpc) is 3.06. The quantitative estimate of drug-likeness (QED) is 0.0864. The molecule has 0 aromatic carbocycles. The Morgan fingerprint density at radius 1 is 1.30 bits per heavy atom. The van der Waals surface area contributed by atoms with Crippen molar-refractivity contribution < 1.29 is 51.4 Å². The van der Waals surface area contributed by atoms with E-state index < -0.39 is 0 Å². The SMILES string of the molecule is C=C1[C@H](C)C[C@H](CCCOP(P)PP)O[C@@H]1CC1O[C@H](C[C@H](C)CCPP)[C@H](OC)[C@H]1[CH2-].[Y]. The molecule has 33 heavy (non-hydrogen) atoms. The Kier molecular flexibility index (Phi) is 19.3. The summed E-state index contributed by atoms with van der Waals surface area (Å²) in [5.74, 6) is 1.23. The molecule has 14 atom stereocenters. The Morgan fingerprint density at radius 2 is 2.03 bits per heavy atom. The molecule has 2 aliphatic heterocycles. The summed E-state index contributed by atoms with van der Waals surface area (Å²) in [4.78, 5) is 0. The molecule has 11 heteroatoms. The zero-order chi connectivity index (χ0) is 23.7.